The lowest BCUT2D eigenvalue weighted by atomic mass is 9.72. The highest BCUT2D eigenvalue weighted by Crippen LogP contribution is 2.39. The normalized spacial score (nSPS) is 33.4. The minimum absolute atomic E-state index is 0.243. The van der Waals surface area contributed by atoms with Crippen LogP contribution in [0.1, 0.15) is 60.8 Å². The van der Waals surface area contributed by atoms with Crippen LogP contribution in [0.2, 0.25) is 0 Å². The minimum atomic E-state index is -0.569. The van der Waals surface area contributed by atoms with E-state index >= 15 is 0 Å². The monoisotopic (exact) mass is 253 g/mol. The molecule has 1 N–H and O–H groups in total. The first-order valence-corrected chi connectivity index (χ1v) is 7.32. The molecule has 1 aliphatic rings. The van der Waals surface area contributed by atoms with Gasteiger partial charge in [-0.1, -0.05) is 12.2 Å². The van der Waals surface area contributed by atoms with Crippen molar-refractivity contribution in [1.29, 1.82) is 0 Å². The van der Waals surface area contributed by atoms with Crippen molar-refractivity contribution < 1.29 is 5.11 Å². The van der Waals surface area contributed by atoms with Crippen molar-refractivity contribution in [1.82, 2.24) is 4.90 Å². The zero-order valence-electron chi connectivity index (χ0n) is 13.0. The zero-order valence-corrected chi connectivity index (χ0v) is 13.0. The summed E-state index contributed by atoms with van der Waals surface area (Å²) in [5.41, 5.74) is 0.698. The minimum Gasteiger partial charge on any atom is -0.389 e. The Kier molecular flexibility index (Phi) is 5.02. The van der Waals surface area contributed by atoms with Gasteiger partial charge < -0.3 is 5.11 Å². The molecule has 2 nitrogen and oxygen atoms in total. The van der Waals surface area contributed by atoms with Gasteiger partial charge in [0.25, 0.3) is 0 Å². The lowest BCUT2D eigenvalue weighted by Gasteiger charge is -2.50. The van der Waals surface area contributed by atoms with Gasteiger partial charge in [-0.2, -0.15) is 0 Å². The molecule has 2 heteroatoms. The fourth-order valence-corrected chi connectivity index (χ4v) is 3.48. The van der Waals surface area contributed by atoms with Gasteiger partial charge in [-0.3, -0.25) is 4.90 Å². The van der Waals surface area contributed by atoms with Crippen molar-refractivity contribution >= 4 is 0 Å². The average molecular weight is 253 g/mol. The summed E-state index contributed by atoms with van der Waals surface area (Å²) < 4.78 is 0. The van der Waals surface area contributed by atoms with E-state index in [1.807, 2.05) is 6.92 Å². The largest absolute Gasteiger partial charge is 0.389 e. The van der Waals surface area contributed by atoms with E-state index in [1.54, 1.807) is 0 Å². The molecule has 1 aliphatic carbocycles. The Morgan fingerprint density at radius 1 is 1.28 bits per heavy atom. The van der Waals surface area contributed by atoms with Crippen LogP contribution in [0.3, 0.4) is 0 Å². The second-order valence-corrected chi connectivity index (χ2v) is 6.83. The van der Waals surface area contributed by atoms with Gasteiger partial charge in [-0.25, -0.2) is 0 Å². The fraction of sp³-hybridized carbons (Fsp3) is 0.875. The molecule has 0 unspecified atom stereocenters. The summed E-state index contributed by atoms with van der Waals surface area (Å²) in [5, 5.41) is 10.7. The van der Waals surface area contributed by atoms with Crippen molar-refractivity contribution in [2.45, 2.75) is 84.5 Å². The first-order valence-electron chi connectivity index (χ1n) is 7.32. The molecule has 3 atom stereocenters. The first-order chi connectivity index (χ1) is 8.16. The van der Waals surface area contributed by atoms with Crippen LogP contribution in [-0.4, -0.2) is 33.7 Å². The van der Waals surface area contributed by atoms with Crippen molar-refractivity contribution in [3.8, 4) is 0 Å². The van der Waals surface area contributed by atoms with Crippen LogP contribution in [0.5, 0.6) is 0 Å². The van der Waals surface area contributed by atoms with Gasteiger partial charge in [0, 0.05) is 18.1 Å². The number of hydrogen-bond acceptors (Lipinski definition) is 2. The second-order valence-electron chi connectivity index (χ2n) is 6.83. The van der Waals surface area contributed by atoms with Gasteiger partial charge in [0.15, 0.2) is 0 Å². The summed E-state index contributed by atoms with van der Waals surface area (Å²) in [6.45, 7) is 17.1. The molecule has 0 aromatic rings. The summed E-state index contributed by atoms with van der Waals surface area (Å²) >= 11 is 0. The van der Waals surface area contributed by atoms with Crippen LogP contribution in [0.15, 0.2) is 12.2 Å². The van der Waals surface area contributed by atoms with Crippen LogP contribution in [0, 0.1) is 5.92 Å². The third-order valence-electron chi connectivity index (χ3n) is 4.47. The molecule has 0 aliphatic heterocycles. The highest BCUT2D eigenvalue weighted by atomic mass is 16.3. The Hall–Kier alpha value is -0.340. The molecular formula is C16H31NO. The Bertz CT molecular complexity index is 285. The Balaban J connectivity index is 2.95. The highest BCUT2D eigenvalue weighted by molar-refractivity contribution is 5.06. The smallest absolute Gasteiger partial charge is 0.0774 e. The molecule has 0 aromatic heterocycles. The van der Waals surface area contributed by atoms with Crippen molar-refractivity contribution in [3.63, 3.8) is 0 Å². The second kappa shape index (κ2) is 5.75. The maximum atomic E-state index is 10.7. The number of rotatable bonds is 4. The van der Waals surface area contributed by atoms with E-state index in [0.29, 0.717) is 18.0 Å². The molecule has 1 saturated carbocycles. The van der Waals surface area contributed by atoms with Gasteiger partial charge >= 0.3 is 0 Å². The van der Waals surface area contributed by atoms with E-state index in [4.69, 9.17) is 0 Å². The van der Waals surface area contributed by atoms with Crippen molar-refractivity contribution in [3.05, 3.63) is 12.2 Å². The number of nitrogens with zero attached hydrogens (tertiary/aromatic N) is 1. The lowest BCUT2D eigenvalue weighted by molar-refractivity contribution is -0.0882. The van der Waals surface area contributed by atoms with Crippen LogP contribution in [0.25, 0.3) is 0 Å². The highest BCUT2D eigenvalue weighted by Gasteiger charge is 2.43. The molecule has 1 rings (SSSR count). The molecule has 1 fully saturated rings. The molecule has 106 valence electrons. The van der Waals surface area contributed by atoms with E-state index in [1.165, 1.54) is 5.57 Å². The molecule has 0 saturated heterocycles. The SMILES string of the molecule is C=C(C)[C@@H]1CC[C@](C)(O)[C@@H](N(C(C)C)C(C)C)C1. The van der Waals surface area contributed by atoms with Gasteiger partial charge in [-0.15, -0.1) is 0 Å². The Labute approximate surface area is 113 Å². The van der Waals surface area contributed by atoms with E-state index in [2.05, 4.69) is 46.1 Å². The first kappa shape index (κ1) is 15.7. The van der Waals surface area contributed by atoms with Gasteiger partial charge in [0.2, 0.25) is 0 Å². The predicted molar refractivity (Wildman–Crippen MR) is 78.7 cm³/mol. The van der Waals surface area contributed by atoms with Gasteiger partial charge in [-0.05, 0) is 66.7 Å². The summed E-state index contributed by atoms with van der Waals surface area (Å²) in [4.78, 5) is 2.47. The van der Waals surface area contributed by atoms with Gasteiger partial charge in [0.05, 0.1) is 5.60 Å². The molecular weight excluding hydrogens is 222 g/mol. The molecule has 18 heavy (non-hydrogen) atoms. The third kappa shape index (κ3) is 3.36. The molecule has 0 spiro atoms. The van der Waals surface area contributed by atoms with Crippen LogP contribution in [-0.2, 0) is 0 Å². The number of allylic oxidation sites excluding steroid dienone is 1. The molecule has 0 heterocycles. The van der Waals surface area contributed by atoms with Crippen LogP contribution in [0.4, 0.5) is 0 Å². The van der Waals surface area contributed by atoms with E-state index in [9.17, 15) is 5.11 Å². The molecule has 0 amide bonds. The molecule has 0 radical (unpaired) electrons. The Morgan fingerprint density at radius 3 is 2.17 bits per heavy atom. The predicted octanol–water partition coefficient (Wildman–Crippen LogP) is 3.60. The van der Waals surface area contributed by atoms with Crippen molar-refractivity contribution in [2.24, 2.45) is 5.92 Å². The summed E-state index contributed by atoms with van der Waals surface area (Å²) in [6.07, 6.45) is 2.99. The topological polar surface area (TPSA) is 23.5 Å². The maximum Gasteiger partial charge on any atom is 0.0774 e. The van der Waals surface area contributed by atoms with E-state index < -0.39 is 5.60 Å². The molecule has 0 aromatic carbocycles. The van der Waals surface area contributed by atoms with E-state index in [0.717, 1.165) is 19.3 Å². The van der Waals surface area contributed by atoms with Gasteiger partial charge in [0.1, 0.15) is 0 Å². The summed E-state index contributed by atoms with van der Waals surface area (Å²) in [6, 6.07) is 1.17. The van der Waals surface area contributed by atoms with E-state index in [-0.39, 0.29) is 6.04 Å². The standard InChI is InChI=1S/C16H31NO/c1-11(2)14-8-9-16(7,18)15(10-14)17(12(3)4)13(5)6/h12-15,18H,1,8-10H2,2-7H3/t14-,15+,16+/m1/s1. The van der Waals surface area contributed by atoms with Crippen LogP contribution < -0.4 is 0 Å². The molecule has 0 bridgehead atoms. The summed E-state index contributed by atoms with van der Waals surface area (Å²) in [7, 11) is 0. The summed E-state index contributed by atoms with van der Waals surface area (Å²) in [5.74, 6) is 0.565. The third-order valence-corrected chi connectivity index (χ3v) is 4.47. The fourth-order valence-electron chi connectivity index (χ4n) is 3.48. The number of aliphatic hydroxyl groups is 1. The lowest BCUT2D eigenvalue weighted by Crippen LogP contribution is -2.58. The van der Waals surface area contributed by atoms with Crippen LogP contribution >= 0.6 is 0 Å². The maximum absolute atomic E-state index is 10.7. The van der Waals surface area contributed by atoms with Crippen molar-refractivity contribution in [2.75, 3.05) is 0 Å². The quantitative estimate of drug-likeness (QED) is 0.774. The average Bonchev–Trinajstić information content (AvgIpc) is 2.19. The number of hydrogen-bond donors (Lipinski definition) is 1. The zero-order chi connectivity index (χ0) is 14.1. The Morgan fingerprint density at radius 2 is 1.78 bits per heavy atom.